The second-order valence-electron chi connectivity index (χ2n) is 10.3. The summed E-state index contributed by atoms with van der Waals surface area (Å²) in [6, 6.07) is 19.1. The summed E-state index contributed by atoms with van der Waals surface area (Å²) in [5, 5.41) is 17.8. The van der Waals surface area contributed by atoms with Gasteiger partial charge in [-0.05, 0) is 74.9 Å². The van der Waals surface area contributed by atoms with E-state index in [1.165, 1.54) is 22.3 Å². The Bertz CT molecular complexity index is 1270. The number of thiophene rings is 1. The van der Waals surface area contributed by atoms with Crippen molar-refractivity contribution in [1.82, 2.24) is 10.2 Å². The maximum atomic E-state index is 13.7. The van der Waals surface area contributed by atoms with Crippen LogP contribution in [0.4, 0.5) is 10.5 Å². The molecule has 0 aliphatic heterocycles. The molecule has 0 bridgehead atoms. The van der Waals surface area contributed by atoms with Crippen molar-refractivity contribution in [1.29, 1.82) is 0 Å². The van der Waals surface area contributed by atoms with Gasteiger partial charge in [0.25, 0.3) is 0 Å². The van der Waals surface area contributed by atoms with E-state index in [0.29, 0.717) is 24.3 Å². The Morgan fingerprint density at radius 2 is 1.73 bits per heavy atom. The van der Waals surface area contributed by atoms with Gasteiger partial charge in [0.2, 0.25) is 11.8 Å². The summed E-state index contributed by atoms with van der Waals surface area (Å²) in [5.41, 5.74) is 0.895. The van der Waals surface area contributed by atoms with Crippen LogP contribution in [0.15, 0.2) is 84.3 Å². The lowest BCUT2D eigenvalue weighted by Crippen LogP contribution is -2.58. The number of rotatable bonds is 12. The molecule has 1 heterocycles. The van der Waals surface area contributed by atoms with E-state index in [-0.39, 0.29) is 12.3 Å². The molecule has 40 heavy (non-hydrogen) atoms. The van der Waals surface area contributed by atoms with E-state index < -0.39 is 29.6 Å². The average molecular weight is 564 g/mol. The van der Waals surface area contributed by atoms with Crippen LogP contribution in [0.2, 0.25) is 0 Å². The lowest BCUT2D eigenvalue weighted by Gasteiger charge is -2.39. The number of anilines is 1. The third kappa shape index (κ3) is 9.27. The van der Waals surface area contributed by atoms with Crippen molar-refractivity contribution in [2.24, 2.45) is 0 Å². The van der Waals surface area contributed by atoms with Crippen LogP contribution in [0.5, 0.6) is 5.75 Å². The Morgan fingerprint density at radius 3 is 2.30 bits per heavy atom. The number of benzene rings is 2. The molecule has 3 aromatic rings. The molecule has 3 rings (SSSR count). The van der Waals surface area contributed by atoms with E-state index in [2.05, 4.69) is 10.6 Å². The van der Waals surface area contributed by atoms with Crippen molar-refractivity contribution in [3.8, 4) is 5.75 Å². The first kappa shape index (κ1) is 30.4. The highest BCUT2D eigenvalue weighted by Gasteiger charge is 2.38. The predicted molar refractivity (Wildman–Crippen MR) is 159 cm³/mol. The van der Waals surface area contributed by atoms with Gasteiger partial charge in [-0.15, -0.1) is 11.3 Å². The molecule has 0 spiro atoms. The number of aryl methyl sites for hydroxylation is 1. The summed E-state index contributed by atoms with van der Waals surface area (Å²) >= 11 is 1.48. The average Bonchev–Trinajstić information content (AvgIpc) is 3.43. The van der Waals surface area contributed by atoms with Crippen LogP contribution in [0.25, 0.3) is 0 Å². The molecule has 8 nitrogen and oxygen atoms in total. The van der Waals surface area contributed by atoms with Crippen LogP contribution >= 0.6 is 11.3 Å². The number of hydrogen-bond donors (Lipinski definition) is 3. The molecule has 1 aromatic heterocycles. The molecule has 3 amide bonds. The van der Waals surface area contributed by atoms with E-state index in [1.54, 1.807) is 58.2 Å². The second-order valence-corrected chi connectivity index (χ2v) is 11.4. The van der Waals surface area contributed by atoms with Crippen molar-refractivity contribution in [2.45, 2.75) is 57.7 Å². The molecule has 0 saturated carbocycles. The molecule has 0 aliphatic rings. The van der Waals surface area contributed by atoms with Gasteiger partial charge in [0.05, 0.1) is 7.11 Å². The Hall–Kier alpha value is -4.11. The minimum absolute atomic E-state index is 0.250. The van der Waals surface area contributed by atoms with Crippen molar-refractivity contribution < 1.29 is 24.2 Å². The van der Waals surface area contributed by atoms with Gasteiger partial charge in [-0.25, -0.2) is 4.79 Å². The summed E-state index contributed by atoms with van der Waals surface area (Å²) in [5.74, 6) is -0.0786. The molecule has 212 valence electrons. The van der Waals surface area contributed by atoms with Gasteiger partial charge in [0.15, 0.2) is 0 Å². The third-order valence-corrected chi connectivity index (χ3v) is 7.17. The van der Waals surface area contributed by atoms with Crippen LogP contribution in [0.1, 0.15) is 37.6 Å². The molecule has 0 saturated heterocycles. The molecular weight excluding hydrogens is 526 g/mol. The minimum Gasteiger partial charge on any atom is -0.497 e. The fraction of sp³-hybridized carbons (Fsp3) is 0.323. The van der Waals surface area contributed by atoms with Crippen LogP contribution in [-0.4, -0.2) is 52.6 Å². The highest BCUT2D eigenvalue weighted by atomic mass is 32.1. The highest BCUT2D eigenvalue weighted by Crippen LogP contribution is 2.23. The summed E-state index contributed by atoms with van der Waals surface area (Å²) in [6.45, 7) is 5.31. The van der Waals surface area contributed by atoms with Gasteiger partial charge in [-0.2, -0.15) is 0 Å². The summed E-state index contributed by atoms with van der Waals surface area (Å²) in [6.07, 6.45) is 3.32. The predicted octanol–water partition coefficient (Wildman–Crippen LogP) is 5.76. The third-order valence-electron chi connectivity index (χ3n) is 6.27. The molecule has 0 unspecified atom stereocenters. The second kappa shape index (κ2) is 14.3. The fourth-order valence-corrected chi connectivity index (χ4v) is 5.08. The maximum Gasteiger partial charge on any atom is 0.408 e. The molecular formula is C31H37N3O5S. The van der Waals surface area contributed by atoms with Gasteiger partial charge in [-0.3, -0.25) is 14.5 Å². The quantitative estimate of drug-likeness (QED) is 0.243. The van der Waals surface area contributed by atoms with E-state index in [1.807, 2.05) is 47.8 Å². The van der Waals surface area contributed by atoms with Crippen molar-refractivity contribution in [3.05, 3.63) is 94.7 Å². The van der Waals surface area contributed by atoms with Crippen LogP contribution in [0, 0.1) is 0 Å². The van der Waals surface area contributed by atoms with Crippen LogP contribution in [0.3, 0.4) is 0 Å². The lowest BCUT2D eigenvalue weighted by atomic mass is 9.99. The number of nitrogens with zero attached hydrogens (tertiary/aromatic N) is 1. The zero-order valence-corrected chi connectivity index (χ0v) is 24.1. The first-order valence-corrected chi connectivity index (χ1v) is 14.0. The SMILES string of the molecule is COc1ccc(NC(=O)C=C[C@H](CCc2ccccc2)NC(=O)[C@H](Cc2cccs2)N(C(=O)O)C(C)(C)C)cc1. The highest BCUT2D eigenvalue weighted by molar-refractivity contribution is 7.09. The largest absolute Gasteiger partial charge is 0.497 e. The van der Waals surface area contributed by atoms with E-state index >= 15 is 0 Å². The molecule has 3 N–H and O–H groups in total. The van der Waals surface area contributed by atoms with Gasteiger partial charge in [0, 0.05) is 34.6 Å². The normalized spacial score (nSPS) is 12.9. The van der Waals surface area contributed by atoms with E-state index in [9.17, 15) is 19.5 Å². The monoisotopic (exact) mass is 563 g/mol. The van der Waals surface area contributed by atoms with E-state index in [4.69, 9.17) is 4.74 Å². The molecule has 2 atom stereocenters. The Morgan fingerprint density at radius 1 is 1.02 bits per heavy atom. The molecule has 0 aliphatic carbocycles. The first-order chi connectivity index (χ1) is 19.1. The van der Waals surface area contributed by atoms with Gasteiger partial charge in [0.1, 0.15) is 11.8 Å². The number of carbonyl (C=O) groups is 3. The topological polar surface area (TPSA) is 108 Å². The van der Waals surface area contributed by atoms with Crippen molar-refractivity contribution in [2.75, 3.05) is 12.4 Å². The molecule has 2 aromatic carbocycles. The number of ether oxygens (including phenoxy) is 1. The van der Waals surface area contributed by atoms with Crippen LogP contribution in [-0.2, 0) is 22.4 Å². The molecule has 0 radical (unpaired) electrons. The zero-order valence-electron chi connectivity index (χ0n) is 23.3. The van der Waals surface area contributed by atoms with Crippen molar-refractivity contribution >= 4 is 34.9 Å². The van der Waals surface area contributed by atoms with Crippen LogP contribution < -0.4 is 15.4 Å². The Labute approximate surface area is 239 Å². The van der Waals surface area contributed by atoms with Crippen molar-refractivity contribution in [3.63, 3.8) is 0 Å². The number of amides is 3. The zero-order chi connectivity index (χ0) is 29.1. The molecule has 0 fully saturated rings. The standard InChI is InChI=1S/C31H37N3O5S/c1-31(2,3)34(30(37)38)27(21-26-11-8-20-40-26)29(36)33-24(13-12-22-9-6-5-7-10-22)16-19-28(35)32-23-14-17-25(39-4)18-15-23/h5-11,14-20,24,27H,12-13,21H2,1-4H3,(H,32,35)(H,33,36)(H,37,38)/t24-,27-/m0/s1. The number of carboxylic acid groups (broad SMARTS) is 1. The van der Waals surface area contributed by atoms with Gasteiger partial charge >= 0.3 is 6.09 Å². The number of carbonyl (C=O) groups excluding carboxylic acids is 2. The smallest absolute Gasteiger partial charge is 0.408 e. The fourth-order valence-electron chi connectivity index (χ4n) is 4.33. The minimum atomic E-state index is -1.17. The summed E-state index contributed by atoms with van der Waals surface area (Å²) in [4.78, 5) is 40.8. The summed E-state index contributed by atoms with van der Waals surface area (Å²) < 4.78 is 5.15. The van der Waals surface area contributed by atoms with Gasteiger partial charge in [-0.1, -0.05) is 42.5 Å². The molecule has 9 heteroatoms. The summed E-state index contributed by atoms with van der Waals surface area (Å²) in [7, 11) is 1.57. The number of methoxy groups -OCH3 is 1. The van der Waals surface area contributed by atoms with Gasteiger partial charge < -0.3 is 20.5 Å². The van der Waals surface area contributed by atoms with E-state index in [0.717, 1.165) is 10.4 Å². The number of hydrogen-bond acceptors (Lipinski definition) is 5. The Kier molecular flexibility index (Phi) is 10.9. The Balaban J connectivity index is 1.81. The maximum absolute atomic E-state index is 13.7. The lowest BCUT2D eigenvalue weighted by molar-refractivity contribution is -0.128. The number of nitrogens with one attached hydrogen (secondary N) is 2. The first-order valence-electron chi connectivity index (χ1n) is 13.1.